The fourth-order valence-corrected chi connectivity index (χ4v) is 2.90. The molecule has 2 amide bonds. The van der Waals surface area contributed by atoms with Gasteiger partial charge >= 0.3 is 0 Å². The summed E-state index contributed by atoms with van der Waals surface area (Å²) in [6, 6.07) is 13.1. The summed E-state index contributed by atoms with van der Waals surface area (Å²) < 4.78 is 0. The molecule has 1 aliphatic heterocycles. The quantitative estimate of drug-likeness (QED) is 0.782. The fraction of sp³-hybridized carbons (Fsp3) is 0.263. The van der Waals surface area contributed by atoms with Gasteiger partial charge < -0.3 is 16.0 Å². The zero-order chi connectivity index (χ0) is 17.1. The van der Waals surface area contributed by atoms with E-state index in [0.717, 1.165) is 29.9 Å². The smallest absolute Gasteiger partial charge is 0.251 e. The second-order valence-electron chi connectivity index (χ2n) is 6.05. The highest BCUT2D eigenvalue weighted by Gasteiger charge is 2.15. The van der Waals surface area contributed by atoms with E-state index in [-0.39, 0.29) is 30.3 Å². The Bertz CT molecular complexity index is 792. The molecule has 6 heteroatoms. The lowest BCUT2D eigenvalue weighted by Gasteiger charge is -2.16. The van der Waals surface area contributed by atoms with Crippen LogP contribution < -0.4 is 16.0 Å². The maximum atomic E-state index is 12.5. The van der Waals surface area contributed by atoms with Crippen molar-refractivity contribution in [3.05, 3.63) is 59.2 Å². The van der Waals surface area contributed by atoms with Crippen molar-refractivity contribution in [2.75, 3.05) is 17.2 Å². The number of carbonyl (C=O) groups excluding carboxylic acids is 2. The zero-order valence-corrected chi connectivity index (χ0v) is 15.1. The van der Waals surface area contributed by atoms with Crippen LogP contribution in [0.15, 0.2) is 42.5 Å². The average Bonchev–Trinajstić information content (AvgIpc) is 3.02. The molecule has 0 fully saturated rings. The lowest BCUT2D eigenvalue weighted by atomic mass is 10.1. The Morgan fingerprint density at radius 1 is 1.16 bits per heavy atom. The number of hydrogen-bond acceptors (Lipinski definition) is 3. The number of halogens is 1. The molecule has 0 saturated heterocycles. The van der Waals surface area contributed by atoms with Gasteiger partial charge in [0.05, 0.1) is 6.04 Å². The van der Waals surface area contributed by atoms with E-state index in [1.54, 1.807) is 0 Å². The molecule has 1 atom stereocenters. The van der Waals surface area contributed by atoms with E-state index < -0.39 is 0 Å². The number of nitrogens with one attached hydrogen (secondary N) is 3. The van der Waals surface area contributed by atoms with Gasteiger partial charge in [-0.2, -0.15) is 0 Å². The summed E-state index contributed by atoms with van der Waals surface area (Å²) in [5, 5.41) is 9.06. The Labute approximate surface area is 153 Å². The SMILES string of the molecule is CC(=O)Nc1cccc(C(C)NC(=O)c2ccc3c(c2)CCN3)c1.Cl. The molecule has 0 saturated carbocycles. The monoisotopic (exact) mass is 359 g/mol. The maximum absolute atomic E-state index is 12.5. The first-order valence-corrected chi connectivity index (χ1v) is 8.08. The summed E-state index contributed by atoms with van der Waals surface area (Å²) in [5.74, 6) is -0.210. The molecular formula is C19H22ClN3O2. The molecule has 0 radical (unpaired) electrons. The molecule has 2 aromatic carbocycles. The summed E-state index contributed by atoms with van der Waals surface area (Å²) in [7, 11) is 0. The van der Waals surface area contributed by atoms with Crippen LogP contribution in [0.5, 0.6) is 0 Å². The van der Waals surface area contributed by atoms with Gasteiger partial charge in [0, 0.05) is 30.4 Å². The van der Waals surface area contributed by atoms with Crippen LogP contribution in [0.25, 0.3) is 0 Å². The Morgan fingerprint density at radius 3 is 2.72 bits per heavy atom. The summed E-state index contributed by atoms with van der Waals surface area (Å²) in [6.07, 6.45) is 0.949. The van der Waals surface area contributed by atoms with E-state index in [0.29, 0.717) is 5.56 Å². The molecule has 3 rings (SSSR count). The number of amides is 2. The molecule has 1 heterocycles. The molecule has 1 unspecified atom stereocenters. The Morgan fingerprint density at radius 2 is 1.96 bits per heavy atom. The van der Waals surface area contributed by atoms with Crippen molar-refractivity contribution in [2.24, 2.45) is 0 Å². The Hall–Kier alpha value is -2.53. The van der Waals surface area contributed by atoms with E-state index in [1.807, 2.05) is 49.4 Å². The van der Waals surface area contributed by atoms with E-state index >= 15 is 0 Å². The van der Waals surface area contributed by atoms with Crippen LogP contribution in [0.1, 0.15) is 41.4 Å². The van der Waals surface area contributed by atoms with Crippen molar-refractivity contribution in [3.8, 4) is 0 Å². The van der Waals surface area contributed by atoms with Gasteiger partial charge in [-0.1, -0.05) is 12.1 Å². The minimum atomic E-state index is -0.155. The van der Waals surface area contributed by atoms with Crippen molar-refractivity contribution in [1.82, 2.24) is 5.32 Å². The average molecular weight is 360 g/mol. The standard InChI is InChI=1S/C19H21N3O2.ClH/c1-12(14-4-3-5-17(11-14)22-13(2)23)21-19(24)16-6-7-18-15(10-16)8-9-20-18;/h3-7,10-12,20H,8-9H2,1-2H3,(H,21,24)(H,22,23);1H. The van der Waals surface area contributed by atoms with Gasteiger partial charge in [-0.15, -0.1) is 12.4 Å². The third kappa shape index (κ3) is 4.51. The van der Waals surface area contributed by atoms with Crippen LogP contribution in [-0.4, -0.2) is 18.4 Å². The van der Waals surface area contributed by atoms with E-state index in [4.69, 9.17) is 0 Å². The first-order chi connectivity index (χ1) is 11.5. The van der Waals surface area contributed by atoms with Gasteiger partial charge in [-0.3, -0.25) is 9.59 Å². The summed E-state index contributed by atoms with van der Waals surface area (Å²) in [5.41, 5.74) is 4.63. The van der Waals surface area contributed by atoms with Crippen LogP contribution in [0.2, 0.25) is 0 Å². The van der Waals surface area contributed by atoms with Gasteiger partial charge in [0.2, 0.25) is 5.91 Å². The van der Waals surface area contributed by atoms with E-state index in [9.17, 15) is 9.59 Å². The Balaban J connectivity index is 0.00000225. The molecule has 0 bridgehead atoms. The highest BCUT2D eigenvalue weighted by atomic mass is 35.5. The predicted octanol–water partition coefficient (Wildman–Crippen LogP) is 3.53. The van der Waals surface area contributed by atoms with Gasteiger partial charge in [0.1, 0.15) is 0 Å². The molecule has 5 nitrogen and oxygen atoms in total. The second kappa shape index (κ2) is 8.03. The lowest BCUT2D eigenvalue weighted by Crippen LogP contribution is -2.26. The molecule has 0 spiro atoms. The van der Waals surface area contributed by atoms with Gasteiger partial charge in [-0.25, -0.2) is 0 Å². The zero-order valence-electron chi connectivity index (χ0n) is 14.3. The summed E-state index contributed by atoms with van der Waals surface area (Å²) >= 11 is 0. The number of benzene rings is 2. The predicted molar refractivity (Wildman–Crippen MR) is 103 cm³/mol. The van der Waals surface area contributed by atoms with Crippen molar-refractivity contribution in [3.63, 3.8) is 0 Å². The van der Waals surface area contributed by atoms with Gasteiger partial charge in [0.25, 0.3) is 5.91 Å². The highest BCUT2D eigenvalue weighted by molar-refractivity contribution is 5.95. The van der Waals surface area contributed by atoms with E-state index in [2.05, 4.69) is 16.0 Å². The molecule has 3 N–H and O–H groups in total. The number of hydrogen-bond donors (Lipinski definition) is 3. The van der Waals surface area contributed by atoms with Crippen LogP contribution in [-0.2, 0) is 11.2 Å². The number of anilines is 2. The molecule has 132 valence electrons. The third-order valence-electron chi connectivity index (χ3n) is 4.13. The summed E-state index contributed by atoms with van der Waals surface area (Å²) in [6.45, 7) is 4.33. The number of fused-ring (bicyclic) bond motifs is 1. The molecule has 0 aliphatic carbocycles. The molecule has 2 aromatic rings. The molecular weight excluding hydrogens is 338 g/mol. The van der Waals surface area contributed by atoms with Crippen molar-refractivity contribution < 1.29 is 9.59 Å². The Kier molecular flexibility index (Phi) is 6.04. The first kappa shape index (κ1) is 18.8. The van der Waals surface area contributed by atoms with Crippen LogP contribution in [0, 0.1) is 0 Å². The minimum absolute atomic E-state index is 0. The number of rotatable bonds is 4. The van der Waals surface area contributed by atoms with Crippen molar-refractivity contribution in [1.29, 1.82) is 0 Å². The minimum Gasteiger partial charge on any atom is -0.384 e. The number of carbonyl (C=O) groups is 2. The normalized spacial score (nSPS) is 13.0. The topological polar surface area (TPSA) is 70.2 Å². The van der Waals surface area contributed by atoms with Gasteiger partial charge in [0.15, 0.2) is 0 Å². The fourth-order valence-electron chi connectivity index (χ4n) is 2.90. The highest BCUT2D eigenvalue weighted by Crippen LogP contribution is 2.24. The molecule has 1 aliphatic rings. The third-order valence-corrected chi connectivity index (χ3v) is 4.13. The van der Waals surface area contributed by atoms with Crippen molar-refractivity contribution in [2.45, 2.75) is 26.3 Å². The summed E-state index contributed by atoms with van der Waals surface area (Å²) in [4.78, 5) is 23.7. The van der Waals surface area contributed by atoms with Crippen molar-refractivity contribution >= 4 is 35.6 Å². The van der Waals surface area contributed by atoms with Crippen LogP contribution in [0.3, 0.4) is 0 Å². The van der Waals surface area contributed by atoms with Crippen LogP contribution in [0.4, 0.5) is 11.4 Å². The lowest BCUT2D eigenvalue weighted by molar-refractivity contribution is -0.114. The van der Waals surface area contributed by atoms with Crippen LogP contribution >= 0.6 is 12.4 Å². The second-order valence-corrected chi connectivity index (χ2v) is 6.05. The first-order valence-electron chi connectivity index (χ1n) is 8.08. The van der Waals surface area contributed by atoms with E-state index in [1.165, 1.54) is 12.5 Å². The molecule has 25 heavy (non-hydrogen) atoms. The van der Waals surface area contributed by atoms with Gasteiger partial charge in [-0.05, 0) is 54.8 Å². The maximum Gasteiger partial charge on any atom is 0.251 e. The largest absolute Gasteiger partial charge is 0.384 e. The molecule has 0 aromatic heterocycles.